The van der Waals surface area contributed by atoms with Crippen LogP contribution in [0.1, 0.15) is 43.6 Å². The zero-order valence-electron chi connectivity index (χ0n) is 42.4. The second-order valence-corrected chi connectivity index (χ2v) is 16.1. The molecule has 8 N–H and O–H groups in total. The number of alkyl halides is 13. The highest BCUT2D eigenvalue weighted by Crippen LogP contribution is 2.30. The molecule has 20 nitrogen and oxygen atoms in total. The molecule has 0 aliphatic rings. The number of carbonyl (C=O) groups is 2. The van der Waals surface area contributed by atoms with Gasteiger partial charge < -0.3 is 60.2 Å². The molecular weight excluding hydrogens is 1290 g/mol. The number of phenolic OH excluding ortho intramolecular Hbond substituents is 1. The number of rotatable bonds is 13. The number of amides is 2. The first-order valence-electron chi connectivity index (χ1n) is 22.5. The number of aromatic hydroxyl groups is 1. The minimum atomic E-state index is -4.82. The molecule has 87 heavy (non-hydrogen) atoms. The fraction of sp³-hybridized carbons (Fsp3) is 0.120. The number of primary amides is 2. The number of hydrogen-bond donors (Lipinski definition) is 5. The van der Waals surface area contributed by atoms with E-state index in [9.17, 15) is 79.8 Å². The van der Waals surface area contributed by atoms with Crippen molar-refractivity contribution in [2.45, 2.75) is 37.4 Å². The monoisotopic (exact) mass is 1320 g/mol. The molecule has 0 aliphatic carbocycles. The maximum absolute atomic E-state index is 14.1. The van der Waals surface area contributed by atoms with Crippen molar-refractivity contribution in [2.24, 2.45) is 22.4 Å². The van der Waals surface area contributed by atoms with Gasteiger partial charge in [0, 0.05) is 16.7 Å². The van der Waals surface area contributed by atoms with Crippen LogP contribution in [-0.4, -0.2) is 73.7 Å². The quantitative estimate of drug-likeness (QED) is 0.0179. The Balaban J connectivity index is 0.000000244. The van der Waals surface area contributed by atoms with E-state index in [-0.39, 0.29) is 40.4 Å². The number of nitriles is 1. The molecule has 0 atom stereocenters. The van der Waals surface area contributed by atoms with Crippen molar-refractivity contribution in [1.29, 1.82) is 5.26 Å². The maximum Gasteiger partial charge on any atom is 0.573 e. The van der Waals surface area contributed by atoms with Crippen LogP contribution in [-0.2, 0) is 11.9 Å². The van der Waals surface area contributed by atoms with Crippen LogP contribution in [0.2, 0.25) is 0 Å². The zero-order chi connectivity index (χ0) is 65.0. The van der Waals surface area contributed by atoms with Crippen molar-refractivity contribution in [3.05, 3.63) is 179 Å². The van der Waals surface area contributed by atoms with Crippen molar-refractivity contribution >= 4 is 33.6 Å². The lowest BCUT2D eigenvalue weighted by atomic mass is 10.1. The van der Waals surface area contributed by atoms with E-state index in [1.165, 1.54) is 60.7 Å². The van der Waals surface area contributed by atoms with E-state index >= 15 is 0 Å². The second kappa shape index (κ2) is 30.3. The van der Waals surface area contributed by atoms with Crippen LogP contribution >= 0.6 is 15.9 Å². The maximum atomic E-state index is 14.1. The SMILES string of the molecule is FC(F)(F)Oc1ccc(-c2noc(CBr)n2)cc1.N#Cc1ccc(OC(F)(F)F)cc1.N/C(=N/O)c1ccc(OC(F)(F)F)cc1.NC(=O)c1c(F)ccc(O)c1F.NC(=O)c1c(F)ccc(OCc2nc(-c3ccc(OC(F)(F)F)cc3)no2)c1F. The minimum absolute atomic E-state index is 0.0274. The average molecular weight is 1320 g/mol. The normalized spacial score (nSPS) is 11.3. The van der Waals surface area contributed by atoms with Crippen molar-refractivity contribution < 1.29 is 123 Å². The Hall–Kier alpha value is -10.5. The topological polar surface area (TPSA) is 313 Å². The van der Waals surface area contributed by atoms with E-state index in [2.05, 4.69) is 66.0 Å². The van der Waals surface area contributed by atoms with Crippen LogP contribution in [0.5, 0.6) is 34.5 Å². The summed E-state index contributed by atoms with van der Waals surface area (Å²) in [7, 11) is 0. The first-order chi connectivity index (χ1) is 40.6. The molecule has 0 saturated carbocycles. The van der Waals surface area contributed by atoms with E-state index in [4.69, 9.17) is 40.8 Å². The van der Waals surface area contributed by atoms with Gasteiger partial charge in [0.1, 0.15) is 45.8 Å². The number of benzene rings is 6. The zero-order valence-corrected chi connectivity index (χ0v) is 44.0. The van der Waals surface area contributed by atoms with Crippen molar-refractivity contribution in [3.8, 4) is 63.3 Å². The van der Waals surface area contributed by atoms with Gasteiger partial charge in [0.2, 0.25) is 17.5 Å². The molecule has 8 rings (SSSR count). The molecular formula is C50H32BrF16N9O11. The number of halogens is 17. The number of nitrogens with two attached hydrogens (primary N) is 3. The summed E-state index contributed by atoms with van der Waals surface area (Å²) in [5.41, 5.74) is 14.4. The first kappa shape index (κ1) is 69.0. The number of phenols is 1. The van der Waals surface area contributed by atoms with E-state index in [0.717, 1.165) is 60.7 Å². The standard InChI is InChI=1S/C17H10F5N3O4.C10H6BrF3N2O2.C8H7F3N2O2.C8H4F3NO.C7H5F2NO2/c18-10-5-6-11(14(19)13(10)15(23)26)27-7-12-24-16(25-29-12)8-1-3-9(4-2-8)28-17(20,21)22;11-5-8-15-9(16-18-8)6-1-3-7(4-2-6)17-10(12,13)14;9-8(10,11)15-6-3-1-5(2-4-6)7(12)13-14;9-8(10,11)13-7-3-1-6(5-12)2-4-7;8-3-1-2-4(11)6(9)5(3)7(10)12/h1-6H,7H2,(H2,23,26);1-4H,5H2;1-4,14H,(H2,12,13);1-4H;1-2,11H,(H2,10,12). The molecule has 2 amide bonds. The number of oxime groups is 1. The number of nitrogens with zero attached hydrogens (tertiary/aromatic N) is 6. The fourth-order valence-corrected chi connectivity index (χ4v) is 6.09. The summed E-state index contributed by atoms with van der Waals surface area (Å²) >= 11 is 3.15. The molecule has 0 bridgehead atoms. The van der Waals surface area contributed by atoms with Gasteiger partial charge in [-0.05, 0) is 121 Å². The third-order valence-corrected chi connectivity index (χ3v) is 9.90. The van der Waals surface area contributed by atoms with Gasteiger partial charge in [0.25, 0.3) is 17.7 Å². The van der Waals surface area contributed by atoms with Crippen molar-refractivity contribution in [2.75, 3.05) is 0 Å². The predicted octanol–water partition coefficient (Wildman–Crippen LogP) is 12.0. The number of amidine groups is 1. The van der Waals surface area contributed by atoms with Gasteiger partial charge in [0.05, 0.1) is 17.0 Å². The molecule has 0 unspecified atom stereocenters. The van der Waals surface area contributed by atoms with Crippen LogP contribution in [0.25, 0.3) is 22.8 Å². The lowest BCUT2D eigenvalue weighted by molar-refractivity contribution is -0.275. The fourth-order valence-electron chi connectivity index (χ4n) is 5.86. The van der Waals surface area contributed by atoms with Gasteiger partial charge in [-0.25, -0.2) is 17.6 Å². The van der Waals surface area contributed by atoms with Crippen LogP contribution < -0.4 is 40.9 Å². The van der Waals surface area contributed by atoms with E-state index in [1.54, 1.807) is 6.07 Å². The minimum Gasteiger partial charge on any atom is -0.505 e. The first-order valence-corrected chi connectivity index (χ1v) is 23.6. The Morgan fingerprint density at radius 3 is 1.28 bits per heavy atom. The molecule has 2 heterocycles. The highest BCUT2D eigenvalue weighted by Gasteiger charge is 2.33. The molecule has 0 saturated heterocycles. The molecule has 0 aliphatic heterocycles. The smallest absolute Gasteiger partial charge is 0.505 e. The number of hydrogen-bond acceptors (Lipinski definition) is 17. The molecule has 462 valence electrons. The van der Waals surface area contributed by atoms with E-state index in [1.807, 2.05) is 0 Å². The number of aromatic nitrogens is 4. The Morgan fingerprint density at radius 1 is 0.552 bits per heavy atom. The third kappa shape index (κ3) is 23.2. The third-order valence-electron chi connectivity index (χ3n) is 9.42. The second-order valence-electron chi connectivity index (χ2n) is 15.6. The number of carbonyl (C=O) groups excluding carboxylic acids is 2. The molecule has 0 spiro atoms. The summed E-state index contributed by atoms with van der Waals surface area (Å²) in [5.74, 6) is -9.64. The Bertz CT molecular complexity index is 3640. The highest BCUT2D eigenvalue weighted by atomic mass is 79.9. The molecule has 2 aromatic heterocycles. The van der Waals surface area contributed by atoms with Crippen LogP contribution in [0.15, 0.2) is 136 Å². The Labute approximate surface area is 482 Å². The summed E-state index contributed by atoms with van der Waals surface area (Å²) in [6.07, 6.45) is -18.9. The van der Waals surface area contributed by atoms with Crippen LogP contribution in [0.3, 0.4) is 0 Å². The molecule has 8 aromatic rings. The van der Waals surface area contributed by atoms with Crippen LogP contribution in [0.4, 0.5) is 70.2 Å². The van der Waals surface area contributed by atoms with Crippen LogP contribution in [0, 0.1) is 34.6 Å². The summed E-state index contributed by atoms with van der Waals surface area (Å²) < 4.78 is 225. The van der Waals surface area contributed by atoms with Gasteiger partial charge in [-0.3, -0.25) is 9.59 Å². The van der Waals surface area contributed by atoms with Gasteiger partial charge in [-0.15, -0.1) is 52.7 Å². The lowest BCUT2D eigenvalue weighted by Gasteiger charge is -2.08. The van der Waals surface area contributed by atoms with Crippen molar-refractivity contribution in [3.63, 3.8) is 0 Å². The van der Waals surface area contributed by atoms with E-state index in [0.29, 0.717) is 33.7 Å². The molecule has 37 heteroatoms. The van der Waals surface area contributed by atoms with Gasteiger partial charge in [0.15, 0.2) is 35.6 Å². The van der Waals surface area contributed by atoms with E-state index < -0.39 is 95.5 Å². The molecule has 0 fully saturated rings. The summed E-state index contributed by atoms with van der Waals surface area (Å²) in [4.78, 5) is 29.5. The summed E-state index contributed by atoms with van der Waals surface area (Å²) in [6, 6.07) is 24.3. The predicted molar refractivity (Wildman–Crippen MR) is 265 cm³/mol. The highest BCUT2D eigenvalue weighted by molar-refractivity contribution is 9.08. The summed E-state index contributed by atoms with van der Waals surface area (Å²) in [6.45, 7) is -0.428. The van der Waals surface area contributed by atoms with Gasteiger partial charge in [-0.1, -0.05) is 31.4 Å². The molecule has 6 aromatic carbocycles. The number of ether oxygens (including phenoxy) is 5. The summed E-state index contributed by atoms with van der Waals surface area (Å²) in [5, 5.41) is 35.8. The van der Waals surface area contributed by atoms with Crippen molar-refractivity contribution in [1.82, 2.24) is 20.3 Å². The average Bonchev–Trinajstić information content (AvgIpc) is 4.22. The van der Waals surface area contributed by atoms with Gasteiger partial charge >= 0.3 is 25.4 Å². The van der Waals surface area contributed by atoms with Gasteiger partial charge in [-0.2, -0.15) is 15.2 Å². The Morgan fingerprint density at radius 2 is 0.920 bits per heavy atom. The molecule has 0 radical (unpaired) electrons. The lowest BCUT2D eigenvalue weighted by Crippen LogP contribution is -2.17. The Kier molecular flexibility index (Phi) is 24.0. The largest absolute Gasteiger partial charge is 0.573 e.